The van der Waals surface area contributed by atoms with Crippen molar-refractivity contribution in [2.24, 2.45) is 0 Å². The second kappa shape index (κ2) is 5.56. The van der Waals surface area contributed by atoms with Crippen molar-refractivity contribution in [2.75, 3.05) is 6.61 Å². The Morgan fingerprint density at radius 3 is 2.33 bits per heavy atom. The lowest BCUT2D eigenvalue weighted by molar-refractivity contribution is 0.342. The van der Waals surface area contributed by atoms with Gasteiger partial charge in [0.05, 0.1) is 6.61 Å². The van der Waals surface area contributed by atoms with Crippen molar-refractivity contribution in [3.8, 4) is 0 Å². The van der Waals surface area contributed by atoms with E-state index in [1.807, 2.05) is 0 Å². The molecule has 0 saturated heterocycles. The van der Waals surface area contributed by atoms with Crippen LogP contribution in [0.3, 0.4) is 0 Å². The van der Waals surface area contributed by atoms with Gasteiger partial charge < -0.3 is 15.2 Å². The lowest BCUT2D eigenvalue weighted by Gasteiger charge is -1.81. The summed E-state index contributed by atoms with van der Waals surface area (Å²) in [6, 6.07) is 0. The fraction of sp³-hybridized carbons (Fsp3) is 0.200. The van der Waals surface area contributed by atoms with E-state index in [-0.39, 0.29) is 6.61 Å². The highest BCUT2D eigenvalue weighted by Crippen LogP contribution is 1.77. The van der Waals surface area contributed by atoms with E-state index in [0.29, 0.717) is 0 Å². The summed E-state index contributed by atoms with van der Waals surface area (Å²) in [6.45, 7) is -0.0358. The van der Waals surface area contributed by atoms with Gasteiger partial charge in [0.2, 0.25) is 0 Å². The van der Waals surface area contributed by atoms with Gasteiger partial charge >= 0.3 is 7.12 Å². The van der Waals surface area contributed by atoms with Crippen molar-refractivity contribution in [2.45, 2.75) is 0 Å². The Balaban J connectivity index is 3.35. The van der Waals surface area contributed by atoms with E-state index in [9.17, 15) is 0 Å². The highest BCUT2D eigenvalue weighted by atomic mass is 16.4. The zero-order chi connectivity index (χ0) is 7.11. The van der Waals surface area contributed by atoms with Crippen LogP contribution < -0.4 is 0 Å². The van der Waals surface area contributed by atoms with Gasteiger partial charge in [0, 0.05) is 0 Å². The van der Waals surface area contributed by atoms with E-state index in [0.717, 1.165) is 0 Å². The molecule has 9 heavy (non-hydrogen) atoms. The molecule has 0 bridgehead atoms. The third kappa shape index (κ3) is 7.42. The van der Waals surface area contributed by atoms with Gasteiger partial charge in [-0.3, -0.25) is 0 Å². The van der Waals surface area contributed by atoms with E-state index in [4.69, 9.17) is 15.2 Å². The van der Waals surface area contributed by atoms with E-state index >= 15 is 0 Å². The van der Waals surface area contributed by atoms with Crippen LogP contribution in [0.4, 0.5) is 0 Å². The minimum atomic E-state index is -1.41. The van der Waals surface area contributed by atoms with E-state index < -0.39 is 7.12 Å². The molecule has 3 N–H and O–H groups in total. The predicted molar refractivity (Wildman–Crippen MR) is 35.6 cm³/mol. The quantitative estimate of drug-likeness (QED) is 0.341. The first-order valence-corrected chi connectivity index (χ1v) is 2.57. The maximum Gasteiger partial charge on any atom is 0.480 e. The first-order valence-electron chi connectivity index (χ1n) is 2.57. The molecule has 0 atom stereocenters. The molecule has 0 aliphatic rings. The minimum Gasteiger partial charge on any atom is -0.424 e. The molecule has 0 aromatic carbocycles. The number of allylic oxidation sites excluding steroid dienone is 2. The normalized spacial score (nSPS) is 11.4. The summed E-state index contributed by atoms with van der Waals surface area (Å²) in [5, 5.41) is 24.6. The molecule has 4 heteroatoms. The van der Waals surface area contributed by atoms with E-state index in [1.165, 1.54) is 24.2 Å². The number of rotatable bonds is 3. The molecular formula is C5H9BO3. The topological polar surface area (TPSA) is 60.7 Å². The predicted octanol–water partition coefficient (Wildman–Crippen LogP) is -0.897. The zero-order valence-electron chi connectivity index (χ0n) is 4.94. The Labute approximate surface area is 54.1 Å². The molecule has 0 unspecified atom stereocenters. The second-order valence-corrected chi connectivity index (χ2v) is 1.41. The van der Waals surface area contributed by atoms with Crippen molar-refractivity contribution in [3.63, 3.8) is 0 Å². The fourth-order valence-corrected chi connectivity index (χ4v) is 0.303. The first-order chi connectivity index (χ1) is 4.27. The average Bonchev–Trinajstić information content (AvgIpc) is 1.80. The Kier molecular flexibility index (Phi) is 5.20. The monoisotopic (exact) mass is 128 g/mol. The van der Waals surface area contributed by atoms with Crippen LogP contribution in [-0.4, -0.2) is 28.9 Å². The molecule has 0 fully saturated rings. The second-order valence-electron chi connectivity index (χ2n) is 1.41. The van der Waals surface area contributed by atoms with Gasteiger partial charge in [0.15, 0.2) is 0 Å². The largest absolute Gasteiger partial charge is 0.480 e. The molecule has 0 radical (unpaired) electrons. The Bertz CT molecular complexity index is 109. The summed E-state index contributed by atoms with van der Waals surface area (Å²) in [5.74, 6) is 1.19. The van der Waals surface area contributed by atoms with Crippen LogP contribution in [0.25, 0.3) is 0 Å². The SMILES string of the molecule is OC/C=C\C=C\B(O)O. The van der Waals surface area contributed by atoms with Crippen LogP contribution in [-0.2, 0) is 0 Å². The van der Waals surface area contributed by atoms with Gasteiger partial charge in [-0.05, 0) is 0 Å². The minimum absolute atomic E-state index is 0.0358. The Morgan fingerprint density at radius 2 is 1.89 bits per heavy atom. The highest BCUT2D eigenvalue weighted by Gasteiger charge is 1.94. The molecular weight excluding hydrogens is 119 g/mol. The van der Waals surface area contributed by atoms with Crippen molar-refractivity contribution < 1.29 is 15.2 Å². The summed E-state index contributed by atoms with van der Waals surface area (Å²) in [4.78, 5) is 0. The molecule has 0 heterocycles. The molecule has 0 rings (SSSR count). The van der Waals surface area contributed by atoms with Gasteiger partial charge in [-0.2, -0.15) is 0 Å². The Hall–Kier alpha value is -0.575. The number of hydrogen-bond donors (Lipinski definition) is 3. The fourth-order valence-electron chi connectivity index (χ4n) is 0.303. The highest BCUT2D eigenvalue weighted by molar-refractivity contribution is 6.47. The molecule has 0 aliphatic heterocycles. The molecule has 0 amide bonds. The lowest BCUT2D eigenvalue weighted by atomic mass is 9.92. The van der Waals surface area contributed by atoms with Gasteiger partial charge in [-0.15, -0.1) is 0 Å². The molecule has 3 nitrogen and oxygen atoms in total. The van der Waals surface area contributed by atoms with Gasteiger partial charge in [0.25, 0.3) is 0 Å². The van der Waals surface area contributed by atoms with Crippen molar-refractivity contribution in [3.05, 3.63) is 24.2 Å². The molecule has 0 spiro atoms. The summed E-state index contributed by atoms with van der Waals surface area (Å²) >= 11 is 0. The Morgan fingerprint density at radius 1 is 1.22 bits per heavy atom. The molecule has 0 aromatic rings. The van der Waals surface area contributed by atoms with E-state index in [1.54, 1.807) is 0 Å². The maximum absolute atomic E-state index is 8.22. The maximum atomic E-state index is 8.22. The van der Waals surface area contributed by atoms with Crippen LogP contribution in [0.5, 0.6) is 0 Å². The smallest absolute Gasteiger partial charge is 0.424 e. The third-order valence-electron chi connectivity index (χ3n) is 0.636. The van der Waals surface area contributed by atoms with Crippen LogP contribution in [0.1, 0.15) is 0 Å². The van der Waals surface area contributed by atoms with Crippen LogP contribution in [0.2, 0.25) is 0 Å². The van der Waals surface area contributed by atoms with Crippen molar-refractivity contribution in [1.82, 2.24) is 0 Å². The van der Waals surface area contributed by atoms with Crippen molar-refractivity contribution in [1.29, 1.82) is 0 Å². The van der Waals surface area contributed by atoms with Gasteiger partial charge in [0.1, 0.15) is 0 Å². The molecule has 0 saturated carbocycles. The van der Waals surface area contributed by atoms with Crippen LogP contribution in [0.15, 0.2) is 24.2 Å². The van der Waals surface area contributed by atoms with Crippen LogP contribution >= 0.6 is 0 Å². The summed E-state index contributed by atoms with van der Waals surface area (Å²) in [6.07, 6.45) is 4.46. The zero-order valence-corrected chi connectivity index (χ0v) is 4.94. The number of aliphatic hydroxyl groups excluding tert-OH is 1. The third-order valence-corrected chi connectivity index (χ3v) is 0.636. The van der Waals surface area contributed by atoms with Crippen molar-refractivity contribution >= 4 is 7.12 Å². The number of hydrogen-bond acceptors (Lipinski definition) is 3. The first kappa shape index (κ1) is 8.42. The number of aliphatic hydroxyl groups is 1. The molecule has 0 aromatic heterocycles. The summed E-state index contributed by atoms with van der Waals surface area (Å²) in [7, 11) is -1.41. The summed E-state index contributed by atoms with van der Waals surface area (Å²) < 4.78 is 0. The molecule has 50 valence electrons. The lowest BCUT2D eigenvalue weighted by Crippen LogP contribution is -2.04. The average molecular weight is 128 g/mol. The van der Waals surface area contributed by atoms with Gasteiger partial charge in [-0.25, -0.2) is 0 Å². The standard InChI is InChI=1S/C5H9BO3/c7-5-3-1-2-4-6(8)9/h1-4,7-9H,5H2/b3-1-,4-2+. The molecule has 0 aliphatic carbocycles. The summed E-state index contributed by atoms with van der Waals surface area (Å²) in [5.41, 5.74) is 0. The van der Waals surface area contributed by atoms with E-state index in [2.05, 4.69) is 0 Å². The van der Waals surface area contributed by atoms with Crippen LogP contribution in [0, 0.1) is 0 Å². The van der Waals surface area contributed by atoms with Gasteiger partial charge in [-0.1, -0.05) is 24.2 Å².